The molecule has 0 aliphatic carbocycles. The summed E-state index contributed by atoms with van der Waals surface area (Å²) in [6.07, 6.45) is 2.69. The van der Waals surface area contributed by atoms with Gasteiger partial charge in [0.05, 0.1) is 14.2 Å². The van der Waals surface area contributed by atoms with Crippen LogP contribution in [-0.4, -0.2) is 26.3 Å². The molecule has 1 atom stereocenters. The van der Waals surface area contributed by atoms with E-state index in [0.29, 0.717) is 0 Å². The zero-order valence-corrected chi connectivity index (χ0v) is 13.0. The molecule has 0 spiro atoms. The van der Waals surface area contributed by atoms with Crippen LogP contribution in [0.4, 0.5) is 0 Å². The number of likely N-dealkylation sites (N-methyl/N-ethyl adjacent to an activating group) is 1. The fourth-order valence-corrected chi connectivity index (χ4v) is 2.38. The lowest BCUT2D eigenvalue weighted by atomic mass is 10.00. The van der Waals surface area contributed by atoms with Crippen molar-refractivity contribution in [3.8, 4) is 11.5 Å². The maximum absolute atomic E-state index is 5.52. The van der Waals surface area contributed by atoms with Crippen molar-refractivity contribution < 1.29 is 9.47 Å². The van der Waals surface area contributed by atoms with Crippen molar-refractivity contribution in [3.05, 3.63) is 53.3 Å². The zero-order chi connectivity index (χ0) is 15.2. The lowest BCUT2D eigenvalue weighted by molar-refractivity contribution is 0.347. The number of rotatable bonds is 6. The summed E-state index contributed by atoms with van der Waals surface area (Å²) in [5.74, 6) is 1.51. The number of hydrogen-bond acceptors (Lipinski definition) is 4. The molecule has 1 aromatic heterocycles. The zero-order valence-electron chi connectivity index (χ0n) is 13.0. The van der Waals surface area contributed by atoms with E-state index in [9.17, 15) is 0 Å². The van der Waals surface area contributed by atoms with E-state index in [1.807, 2.05) is 32.3 Å². The highest BCUT2D eigenvalue weighted by Gasteiger charge is 2.18. The summed E-state index contributed by atoms with van der Waals surface area (Å²) in [6, 6.07) is 10.2. The molecule has 0 saturated carbocycles. The average molecular weight is 286 g/mol. The number of benzene rings is 1. The van der Waals surface area contributed by atoms with Gasteiger partial charge in [-0.1, -0.05) is 18.2 Å². The van der Waals surface area contributed by atoms with Gasteiger partial charge in [-0.2, -0.15) is 0 Å². The first-order chi connectivity index (χ1) is 10.2. The minimum atomic E-state index is 0.116. The highest BCUT2D eigenvalue weighted by atomic mass is 16.5. The van der Waals surface area contributed by atoms with Crippen molar-refractivity contribution in [1.82, 2.24) is 10.3 Å². The Morgan fingerprint density at radius 1 is 1.14 bits per heavy atom. The van der Waals surface area contributed by atoms with Crippen LogP contribution in [0, 0.1) is 6.92 Å². The van der Waals surface area contributed by atoms with Crippen LogP contribution < -0.4 is 14.8 Å². The van der Waals surface area contributed by atoms with Crippen molar-refractivity contribution >= 4 is 0 Å². The molecule has 0 fully saturated rings. The fourth-order valence-electron chi connectivity index (χ4n) is 2.38. The van der Waals surface area contributed by atoms with Gasteiger partial charge < -0.3 is 14.8 Å². The molecule has 2 rings (SSSR count). The number of nitrogens with one attached hydrogen (secondary N) is 1. The lowest BCUT2D eigenvalue weighted by Gasteiger charge is -2.20. The number of aryl methyl sites for hydroxylation is 1. The SMILES string of the molecule is CNC(Cc1ccc(C)cn1)c1cccc(OC)c1OC. The van der Waals surface area contributed by atoms with Gasteiger partial charge in [-0.05, 0) is 31.7 Å². The number of hydrogen-bond donors (Lipinski definition) is 1. The predicted octanol–water partition coefficient (Wildman–Crippen LogP) is 2.91. The Kier molecular flexibility index (Phi) is 5.17. The highest BCUT2D eigenvalue weighted by Crippen LogP contribution is 2.35. The van der Waals surface area contributed by atoms with Crippen LogP contribution in [0.25, 0.3) is 0 Å². The molecule has 112 valence electrons. The van der Waals surface area contributed by atoms with Gasteiger partial charge in [0, 0.05) is 29.9 Å². The van der Waals surface area contributed by atoms with E-state index in [2.05, 4.69) is 28.5 Å². The molecule has 0 radical (unpaired) electrons. The van der Waals surface area contributed by atoms with Gasteiger partial charge in [0.15, 0.2) is 11.5 Å². The minimum absolute atomic E-state index is 0.116. The van der Waals surface area contributed by atoms with E-state index in [1.165, 1.54) is 5.56 Å². The predicted molar refractivity (Wildman–Crippen MR) is 84.0 cm³/mol. The van der Waals surface area contributed by atoms with Crippen molar-refractivity contribution in [2.45, 2.75) is 19.4 Å². The largest absolute Gasteiger partial charge is 0.493 e. The van der Waals surface area contributed by atoms with E-state index in [1.54, 1.807) is 14.2 Å². The quantitative estimate of drug-likeness (QED) is 0.886. The van der Waals surface area contributed by atoms with E-state index < -0.39 is 0 Å². The Morgan fingerprint density at radius 2 is 1.95 bits per heavy atom. The summed E-state index contributed by atoms with van der Waals surface area (Å²) >= 11 is 0. The summed E-state index contributed by atoms with van der Waals surface area (Å²) in [5, 5.41) is 3.33. The molecule has 21 heavy (non-hydrogen) atoms. The standard InChI is InChI=1S/C17H22N2O2/c1-12-8-9-13(19-11-12)10-15(18-2)14-6-5-7-16(20-3)17(14)21-4/h5-9,11,15,18H,10H2,1-4H3. The Bertz CT molecular complexity index is 582. The third-order valence-electron chi connectivity index (χ3n) is 3.54. The second kappa shape index (κ2) is 7.09. The Balaban J connectivity index is 2.31. The van der Waals surface area contributed by atoms with Gasteiger partial charge >= 0.3 is 0 Å². The van der Waals surface area contributed by atoms with Gasteiger partial charge in [-0.25, -0.2) is 0 Å². The molecular weight excluding hydrogens is 264 g/mol. The number of aromatic nitrogens is 1. The van der Waals surface area contributed by atoms with Crippen LogP contribution in [0.3, 0.4) is 0 Å². The lowest BCUT2D eigenvalue weighted by Crippen LogP contribution is -2.20. The molecule has 0 bridgehead atoms. The first-order valence-electron chi connectivity index (χ1n) is 6.99. The number of para-hydroxylation sites is 1. The third kappa shape index (κ3) is 3.52. The van der Waals surface area contributed by atoms with Gasteiger partial charge in [0.1, 0.15) is 0 Å². The summed E-state index contributed by atoms with van der Waals surface area (Å²) < 4.78 is 10.9. The van der Waals surface area contributed by atoms with E-state index in [4.69, 9.17) is 9.47 Å². The minimum Gasteiger partial charge on any atom is -0.493 e. The molecule has 2 aromatic rings. The Labute approximate surface area is 126 Å². The third-order valence-corrected chi connectivity index (χ3v) is 3.54. The Morgan fingerprint density at radius 3 is 2.52 bits per heavy atom. The molecule has 1 unspecified atom stereocenters. The molecule has 1 aromatic carbocycles. The summed E-state index contributed by atoms with van der Waals surface area (Å²) in [6.45, 7) is 2.04. The van der Waals surface area contributed by atoms with Crippen LogP contribution in [0.5, 0.6) is 11.5 Å². The monoisotopic (exact) mass is 286 g/mol. The van der Waals surface area contributed by atoms with Crippen molar-refractivity contribution in [3.63, 3.8) is 0 Å². The number of nitrogens with zero attached hydrogens (tertiary/aromatic N) is 1. The average Bonchev–Trinajstić information content (AvgIpc) is 2.53. The first kappa shape index (κ1) is 15.3. The molecule has 1 heterocycles. The molecule has 0 saturated heterocycles. The van der Waals surface area contributed by atoms with Crippen LogP contribution in [-0.2, 0) is 6.42 Å². The summed E-state index contributed by atoms with van der Waals surface area (Å²) in [4.78, 5) is 4.48. The molecule has 4 nitrogen and oxygen atoms in total. The van der Waals surface area contributed by atoms with Crippen molar-refractivity contribution in [1.29, 1.82) is 0 Å². The van der Waals surface area contributed by atoms with Crippen LogP contribution in [0.15, 0.2) is 36.5 Å². The molecule has 1 N–H and O–H groups in total. The van der Waals surface area contributed by atoms with Crippen LogP contribution in [0.2, 0.25) is 0 Å². The van der Waals surface area contributed by atoms with Gasteiger partial charge in [-0.15, -0.1) is 0 Å². The van der Waals surface area contributed by atoms with E-state index >= 15 is 0 Å². The van der Waals surface area contributed by atoms with Gasteiger partial charge in [0.25, 0.3) is 0 Å². The van der Waals surface area contributed by atoms with Crippen molar-refractivity contribution in [2.24, 2.45) is 0 Å². The maximum Gasteiger partial charge on any atom is 0.165 e. The van der Waals surface area contributed by atoms with Crippen LogP contribution >= 0.6 is 0 Å². The molecule has 0 aliphatic rings. The maximum atomic E-state index is 5.52. The number of methoxy groups -OCH3 is 2. The first-order valence-corrected chi connectivity index (χ1v) is 6.99. The molecule has 0 aliphatic heterocycles. The second-order valence-corrected chi connectivity index (χ2v) is 4.96. The van der Waals surface area contributed by atoms with Crippen molar-refractivity contribution in [2.75, 3.05) is 21.3 Å². The highest BCUT2D eigenvalue weighted by molar-refractivity contribution is 5.48. The normalized spacial score (nSPS) is 12.0. The van der Waals surface area contributed by atoms with Gasteiger partial charge in [0.2, 0.25) is 0 Å². The smallest absolute Gasteiger partial charge is 0.165 e. The number of ether oxygens (including phenoxy) is 2. The molecule has 4 heteroatoms. The fraction of sp³-hybridized carbons (Fsp3) is 0.353. The number of pyridine rings is 1. The van der Waals surface area contributed by atoms with E-state index in [-0.39, 0.29) is 6.04 Å². The van der Waals surface area contributed by atoms with Gasteiger partial charge in [-0.3, -0.25) is 4.98 Å². The second-order valence-electron chi connectivity index (χ2n) is 4.96. The molecule has 0 amide bonds. The summed E-state index contributed by atoms with van der Waals surface area (Å²) in [5.41, 5.74) is 3.28. The topological polar surface area (TPSA) is 43.4 Å². The van der Waals surface area contributed by atoms with Crippen LogP contribution in [0.1, 0.15) is 22.9 Å². The Hall–Kier alpha value is -2.07. The molecular formula is C17H22N2O2. The van der Waals surface area contributed by atoms with E-state index in [0.717, 1.165) is 29.2 Å². The summed E-state index contributed by atoms with van der Waals surface area (Å²) in [7, 11) is 5.26.